The molecule has 3 saturated carbocycles. The summed E-state index contributed by atoms with van der Waals surface area (Å²) in [6, 6.07) is 5.39. The highest BCUT2D eigenvalue weighted by Crippen LogP contribution is 2.58. The number of aromatic nitrogens is 5. The van der Waals surface area contributed by atoms with Gasteiger partial charge in [-0.1, -0.05) is 18.2 Å². The number of aromatic amines is 1. The van der Waals surface area contributed by atoms with Crippen LogP contribution in [0.2, 0.25) is 0 Å². The molecule has 3 aromatic rings. The van der Waals surface area contributed by atoms with Crippen LogP contribution in [0.5, 0.6) is 0 Å². The van der Waals surface area contributed by atoms with E-state index in [4.69, 9.17) is 0 Å². The number of alkyl halides is 5. The van der Waals surface area contributed by atoms with E-state index in [1.54, 1.807) is 17.7 Å². The van der Waals surface area contributed by atoms with Crippen LogP contribution in [-0.2, 0) is 30.0 Å². The van der Waals surface area contributed by atoms with Crippen LogP contribution in [0.3, 0.4) is 0 Å². The van der Waals surface area contributed by atoms with Gasteiger partial charge in [0, 0.05) is 42.3 Å². The molecule has 3 aliphatic rings. The lowest BCUT2D eigenvalue weighted by molar-refractivity contribution is -0.137. The Bertz CT molecular complexity index is 1160. The summed E-state index contributed by atoms with van der Waals surface area (Å²) < 4.78 is 69.6. The standard InChI is InChI=1S/C23H24F5N5/c1-20(24,25)18-29-13-16(30-18)21-7-10-22(11-8-21,12-9-21)19-32-31-17(33(19)2)14-5-3-4-6-15(14)23(26,27)28/h3-6,13H,7-12H2,1-2H3,(H,29,30). The number of H-pyrrole nitrogens is 1. The smallest absolute Gasteiger partial charge is 0.340 e. The summed E-state index contributed by atoms with van der Waals surface area (Å²) >= 11 is 0. The van der Waals surface area contributed by atoms with Crippen molar-refractivity contribution in [2.75, 3.05) is 0 Å². The van der Waals surface area contributed by atoms with Crippen molar-refractivity contribution in [2.24, 2.45) is 7.05 Å². The van der Waals surface area contributed by atoms with Gasteiger partial charge in [-0.15, -0.1) is 10.2 Å². The molecule has 0 radical (unpaired) electrons. The fourth-order valence-corrected chi connectivity index (χ4v) is 5.69. The Morgan fingerprint density at radius 3 is 2.09 bits per heavy atom. The maximum Gasteiger partial charge on any atom is 0.417 e. The Balaban J connectivity index is 1.44. The quantitative estimate of drug-likeness (QED) is 0.490. The van der Waals surface area contributed by atoms with Gasteiger partial charge in [0.25, 0.3) is 0 Å². The molecule has 0 atom stereocenters. The third-order valence-corrected chi connectivity index (χ3v) is 7.63. The minimum atomic E-state index is -4.49. The molecule has 1 N–H and O–H groups in total. The molecule has 2 bridgehead atoms. The lowest BCUT2D eigenvalue weighted by Crippen LogP contribution is -2.47. The van der Waals surface area contributed by atoms with Gasteiger partial charge >= 0.3 is 12.1 Å². The lowest BCUT2D eigenvalue weighted by atomic mass is 9.52. The molecule has 1 aromatic carbocycles. The number of nitrogens with zero attached hydrogens (tertiary/aromatic N) is 4. The lowest BCUT2D eigenvalue weighted by Gasteiger charge is -2.52. The van der Waals surface area contributed by atoms with Crippen LogP contribution in [0.15, 0.2) is 30.5 Å². The average molecular weight is 465 g/mol. The van der Waals surface area contributed by atoms with E-state index in [1.165, 1.54) is 18.3 Å². The van der Waals surface area contributed by atoms with Crippen molar-refractivity contribution in [3.8, 4) is 11.4 Å². The fraction of sp³-hybridized carbons (Fsp3) is 0.522. The molecule has 0 amide bonds. The number of imidazole rings is 1. The molecule has 0 aliphatic heterocycles. The number of halogens is 5. The van der Waals surface area contributed by atoms with Crippen LogP contribution in [0.25, 0.3) is 11.4 Å². The normalized spacial score (nSPS) is 25.5. The molecule has 5 nitrogen and oxygen atoms in total. The van der Waals surface area contributed by atoms with Gasteiger partial charge in [0.15, 0.2) is 11.6 Å². The van der Waals surface area contributed by atoms with E-state index in [2.05, 4.69) is 20.2 Å². The molecule has 33 heavy (non-hydrogen) atoms. The second-order valence-electron chi connectivity index (χ2n) is 9.54. The maximum absolute atomic E-state index is 13.7. The summed E-state index contributed by atoms with van der Waals surface area (Å²) in [5, 5.41) is 8.53. The number of nitrogens with one attached hydrogen (secondary N) is 1. The molecule has 3 fully saturated rings. The zero-order valence-corrected chi connectivity index (χ0v) is 18.3. The largest absolute Gasteiger partial charge is 0.417 e. The van der Waals surface area contributed by atoms with Gasteiger partial charge in [-0.25, -0.2) is 4.98 Å². The van der Waals surface area contributed by atoms with Crippen molar-refractivity contribution in [3.63, 3.8) is 0 Å². The van der Waals surface area contributed by atoms with Crippen molar-refractivity contribution in [3.05, 3.63) is 53.4 Å². The van der Waals surface area contributed by atoms with Crippen LogP contribution >= 0.6 is 0 Å². The highest BCUT2D eigenvalue weighted by molar-refractivity contribution is 5.61. The molecule has 0 saturated heterocycles. The van der Waals surface area contributed by atoms with E-state index in [-0.39, 0.29) is 28.0 Å². The van der Waals surface area contributed by atoms with Crippen LogP contribution in [0.4, 0.5) is 22.0 Å². The molecular formula is C23H24F5N5. The minimum absolute atomic E-state index is 0.00842. The van der Waals surface area contributed by atoms with E-state index in [0.717, 1.165) is 57.2 Å². The van der Waals surface area contributed by atoms with Crippen LogP contribution in [0, 0.1) is 0 Å². The van der Waals surface area contributed by atoms with Crippen LogP contribution < -0.4 is 0 Å². The monoisotopic (exact) mass is 465 g/mol. The van der Waals surface area contributed by atoms with E-state index in [9.17, 15) is 22.0 Å². The second-order valence-corrected chi connectivity index (χ2v) is 9.54. The first kappa shape index (κ1) is 22.0. The molecule has 3 aliphatic carbocycles. The van der Waals surface area contributed by atoms with E-state index >= 15 is 0 Å². The van der Waals surface area contributed by atoms with Crippen molar-refractivity contribution in [1.82, 2.24) is 24.7 Å². The third-order valence-electron chi connectivity index (χ3n) is 7.63. The predicted octanol–water partition coefficient (Wildman–Crippen LogP) is 5.88. The number of benzene rings is 1. The molecule has 0 spiro atoms. The average Bonchev–Trinajstić information content (AvgIpc) is 3.42. The Hall–Kier alpha value is -2.78. The van der Waals surface area contributed by atoms with Crippen molar-refractivity contribution in [2.45, 2.75) is 68.4 Å². The molecule has 10 heteroatoms. The van der Waals surface area contributed by atoms with E-state index < -0.39 is 17.7 Å². The first-order valence-electron chi connectivity index (χ1n) is 11.0. The number of hydrogen-bond acceptors (Lipinski definition) is 3. The fourth-order valence-electron chi connectivity index (χ4n) is 5.69. The Morgan fingerprint density at radius 2 is 1.52 bits per heavy atom. The SMILES string of the molecule is Cn1c(-c2ccccc2C(F)(F)F)nnc1C12CCC(c3cnc(C(C)(F)F)[nH]3)(CC1)CC2. The third kappa shape index (κ3) is 3.45. The highest BCUT2D eigenvalue weighted by atomic mass is 19.4. The van der Waals surface area contributed by atoms with Crippen molar-refractivity contribution >= 4 is 0 Å². The topological polar surface area (TPSA) is 59.4 Å². The molecular weight excluding hydrogens is 441 g/mol. The number of fused-ring (bicyclic) bond motifs is 3. The van der Waals surface area contributed by atoms with Gasteiger partial charge in [0.1, 0.15) is 5.82 Å². The van der Waals surface area contributed by atoms with Crippen molar-refractivity contribution in [1.29, 1.82) is 0 Å². The summed E-state index contributed by atoms with van der Waals surface area (Å²) in [6.45, 7) is 0.822. The summed E-state index contributed by atoms with van der Waals surface area (Å²) in [5.41, 5.74) is -0.507. The van der Waals surface area contributed by atoms with Crippen LogP contribution in [0.1, 0.15) is 68.4 Å². The summed E-state index contributed by atoms with van der Waals surface area (Å²) in [7, 11) is 1.72. The van der Waals surface area contributed by atoms with Gasteiger partial charge in [-0.3, -0.25) is 0 Å². The first-order valence-corrected chi connectivity index (χ1v) is 11.0. The van der Waals surface area contributed by atoms with Gasteiger partial charge in [-0.05, 0) is 44.6 Å². The van der Waals surface area contributed by atoms with E-state index in [0.29, 0.717) is 5.82 Å². The highest BCUT2D eigenvalue weighted by Gasteiger charge is 2.53. The Kier molecular flexibility index (Phi) is 4.75. The zero-order chi connectivity index (χ0) is 23.6. The number of hydrogen-bond donors (Lipinski definition) is 1. The Morgan fingerprint density at radius 1 is 0.909 bits per heavy atom. The second kappa shape index (κ2) is 7.11. The maximum atomic E-state index is 13.7. The van der Waals surface area contributed by atoms with Gasteiger partial charge in [-0.2, -0.15) is 22.0 Å². The van der Waals surface area contributed by atoms with Gasteiger partial charge < -0.3 is 9.55 Å². The van der Waals surface area contributed by atoms with Gasteiger partial charge in [0.2, 0.25) is 0 Å². The number of rotatable bonds is 4. The summed E-state index contributed by atoms with van der Waals surface area (Å²) in [5.74, 6) is -2.47. The zero-order valence-electron chi connectivity index (χ0n) is 18.3. The summed E-state index contributed by atoms with van der Waals surface area (Å²) in [6.07, 6.45) is 1.63. The minimum Gasteiger partial charge on any atom is -0.340 e. The molecule has 0 unspecified atom stereocenters. The van der Waals surface area contributed by atoms with E-state index in [1.807, 2.05) is 0 Å². The molecule has 2 heterocycles. The molecule has 2 aromatic heterocycles. The van der Waals surface area contributed by atoms with Crippen molar-refractivity contribution < 1.29 is 22.0 Å². The van der Waals surface area contributed by atoms with Crippen LogP contribution in [-0.4, -0.2) is 24.7 Å². The van der Waals surface area contributed by atoms with Gasteiger partial charge in [0.05, 0.1) is 5.56 Å². The summed E-state index contributed by atoms with van der Waals surface area (Å²) in [4.78, 5) is 6.75. The molecule has 176 valence electrons. The predicted molar refractivity (Wildman–Crippen MR) is 111 cm³/mol. The first-order chi connectivity index (χ1) is 15.5. The Labute approximate surface area is 187 Å². The molecule has 6 rings (SSSR count).